The summed E-state index contributed by atoms with van der Waals surface area (Å²) in [6, 6.07) is 7.97. The molecule has 4 aliphatic rings. The highest BCUT2D eigenvalue weighted by atomic mass is 16.3. The molecule has 2 heterocycles. The van der Waals surface area contributed by atoms with Gasteiger partial charge in [0.15, 0.2) is 11.4 Å². The predicted octanol–water partition coefficient (Wildman–Crippen LogP) is 4.60. The van der Waals surface area contributed by atoms with Crippen LogP contribution in [0.1, 0.15) is 32.1 Å². The van der Waals surface area contributed by atoms with Gasteiger partial charge < -0.3 is 4.42 Å². The van der Waals surface area contributed by atoms with Crippen molar-refractivity contribution >= 4 is 33.6 Å². The zero-order valence-corrected chi connectivity index (χ0v) is 14.0. The van der Waals surface area contributed by atoms with Gasteiger partial charge in [0, 0.05) is 11.1 Å². The zero-order valence-electron chi connectivity index (χ0n) is 14.0. The maximum absolute atomic E-state index is 5.98. The number of furan rings is 1. The van der Waals surface area contributed by atoms with Crippen LogP contribution in [0.3, 0.4) is 0 Å². The first kappa shape index (κ1) is 13.8. The lowest BCUT2D eigenvalue weighted by molar-refractivity contribution is 0.108. The Kier molecular flexibility index (Phi) is 2.78. The quantitative estimate of drug-likeness (QED) is 0.697. The van der Waals surface area contributed by atoms with E-state index in [-0.39, 0.29) is 0 Å². The second-order valence-corrected chi connectivity index (χ2v) is 7.95. The summed E-state index contributed by atoms with van der Waals surface area (Å²) in [4.78, 5) is 8.79. The van der Waals surface area contributed by atoms with Crippen LogP contribution in [0.25, 0.3) is 22.1 Å². The van der Waals surface area contributed by atoms with Gasteiger partial charge in [0.05, 0.1) is 0 Å². The van der Waals surface area contributed by atoms with Crippen molar-refractivity contribution in [2.45, 2.75) is 32.1 Å². The van der Waals surface area contributed by atoms with Crippen molar-refractivity contribution in [2.75, 3.05) is 5.43 Å². The van der Waals surface area contributed by atoms with Crippen molar-refractivity contribution < 1.29 is 4.42 Å². The van der Waals surface area contributed by atoms with Crippen molar-refractivity contribution in [3.63, 3.8) is 0 Å². The summed E-state index contributed by atoms with van der Waals surface area (Å²) in [5.41, 5.74) is 6.96. The fourth-order valence-electron chi connectivity index (χ4n) is 5.57. The Bertz CT molecular complexity index is 975. The predicted molar refractivity (Wildman–Crippen MR) is 97.4 cm³/mol. The van der Waals surface area contributed by atoms with Crippen LogP contribution < -0.4 is 5.43 Å². The fraction of sp³-hybridized carbons (Fsp3) is 0.450. The van der Waals surface area contributed by atoms with E-state index in [9.17, 15) is 0 Å². The molecule has 1 N–H and O–H groups in total. The van der Waals surface area contributed by atoms with Crippen LogP contribution in [0.2, 0.25) is 0 Å². The molecule has 5 heteroatoms. The molecule has 2 aromatic heterocycles. The molecule has 0 unspecified atom stereocenters. The highest BCUT2D eigenvalue weighted by Gasteiger charge is 2.46. The molecule has 4 aliphatic carbocycles. The largest absolute Gasteiger partial charge is 0.450 e. The van der Waals surface area contributed by atoms with Gasteiger partial charge in [-0.15, -0.1) is 0 Å². The van der Waals surface area contributed by atoms with Gasteiger partial charge in [-0.2, -0.15) is 5.10 Å². The molecular formula is C20H20N4O. The first-order valence-corrected chi connectivity index (χ1v) is 9.31. The van der Waals surface area contributed by atoms with E-state index in [2.05, 4.69) is 15.4 Å². The molecule has 0 radical (unpaired) electrons. The Hall–Kier alpha value is -2.43. The van der Waals surface area contributed by atoms with Gasteiger partial charge in [0.2, 0.25) is 0 Å². The molecule has 4 fully saturated rings. The Morgan fingerprint density at radius 1 is 0.960 bits per heavy atom. The molecule has 25 heavy (non-hydrogen) atoms. The number of fused-ring (bicyclic) bond motifs is 3. The molecular weight excluding hydrogens is 312 g/mol. The minimum Gasteiger partial charge on any atom is -0.450 e. The lowest BCUT2D eigenvalue weighted by atomic mass is 9.55. The lowest BCUT2D eigenvalue weighted by Gasteiger charge is -2.50. The summed E-state index contributed by atoms with van der Waals surface area (Å²) >= 11 is 0. The Labute approximate surface area is 145 Å². The van der Waals surface area contributed by atoms with Crippen molar-refractivity contribution in [3.05, 3.63) is 30.6 Å². The molecule has 0 atom stereocenters. The highest BCUT2D eigenvalue weighted by molar-refractivity contribution is 6.05. The van der Waals surface area contributed by atoms with Gasteiger partial charge in [-0.3, -0.25) is 5.43 Å². The summed E-state index contributed by atoms with van der Waals surface area (Å²) < 4.78 is 5.98. The number of nitrogens with one attached hydrogen (secondary N) is 1. The van der Waals surface area contributed by atoms with E-state index in [1.54, 1.807) is 6.33 Å². The topological polar surface area (TPSA) is 63.3 Å². The Balaban J connectivity index is 1.39. The van der Waals surface area contributed by atoms with Crippen molar-refractivity contribution in [2.24, 2.45) is 28.8 Å². The highest BCUT2D eigenvalue weighted by Crippen LogP contribution is 2.52. The molecule has 5 nitrogen and oxygen atoms in total. The minimum absolute atomic E-state index is 0.669. The van der Waals surface area contributed by atoms with E-state index in [1.807, 2.05) is 24.3 Å². The molecule has 0 saturated heterocycles. The summed E-state index contributed by atoms with van der Waals surface area (Å²) in [7, 11) is 0. The maximum atomic E-state index is 5.98. The second kappa shape index (κ2) is 5.04. The molecule has 0 amide bonds. The molecule has 1 aromatic carbocycles. The van der Waals surface area contributed by atoms with E-state index >= 15 is 0 Å². The van der Waals surface area contributed by atoms with Crippen LogP contribution in [0.5, 0.6) is 0 Å². The number of benzene rings is 1. The molecule has 0 spiro atoms. The maximum Gasteiger partial charge on any atom is 0.197 e. The van der Waals surface area contributed by atoms with Gasteiger partial charge in [0.25, 0.3) is 0 Å². The zero-order chi connectivity index (χ0) is 16.4. The van der Waals surface area contributed by atoms with Crippen LogP contribution in [-0.4, -0.2) is 15.7 Å². The number of rotatable bonds is 2. The third-order valence-electron chi connectivity index (χ3n) is 6.42. The van der Waals surface area contributed by atoms with E-state index < -0.39 is 0 Å². The van der Waals surface area contributed by atoms with E-state index in [0.717, 1.165) is 28.3 Å². The molecule has 126 valence electrons. The smallest absolute Gasteiger partial charge is 0.197 e. The van der Waals surface area contributed by atoms with E-state index in [0.29, 0.717) is 23.2 Å². The van der Waals surface area contributed by atoms with Gasteiger partial charge >= 0.3 is 0 Å². The molecule has 4 saturated carbocycles. The number of hydrogen-bond donors (Lipinski definition) is 1. The average Bonchev–Trinajstić information content (AvgIpc) is 3.00. The Morgan fingerprint density at radius 3 is 2.52 bits per heavy atom. The SMILES string of the molecule is c1ccc2c(c1)oc1c(NN=C3C4CC5CC(C4)CC3C5)ncnc12. The van der Waals surface area contributed by atoms with Crippen molar-refractivity contribution in [1.82, 2.24) is 9.97 Å². The monoisotopic (exact) mass is 332 g/mol. The number of nitrogens with zero attached hydrogens (tertiary/aromatic N) is 3. The summed E-state index contributed by atoms with van der Waals surface area (Å²) in [6.45, 7) is 0. The number of hydrogen-bond acceptors (Lipinski definition) is 5. The molecule has 0 aliphatic heterocycles. The van der Waals surface area contributed by atoms with Gasteiger partial charge in [-0.05, 0) is 67.9 Å². The molecule has 4 bridgehead atoms. The van der Waals surface area contributed by atoms with Crippen LogP contribution in [-0.2, 0) is 0 Å². The normalized spacial score (nSPS) is 30.3. The standard InChI is InChI=1S/C20H20N4O/c1-2-4-16-15(3-1)18-19(25-16)20(22-10-21-18)24-23-17-13-6-11-5-12(8-13)9-14(17)7-11/h1-4,10-14H,5-9H2,(H,21,22,24). The van der Waals surface area contributed by atoms with Crippen LogP contribution in [0.4, 0.5) is 5.82 Å². The number of anilines is 1. The number of para-hydroxylation sites is 1. The summed E-state index contributed by atoms with van der Waals surface area (Å²) in [5, 5.41) is 5.85. The first-order chi connectivity index (χ1) is 12.3. The van der Waals surface area contributed by atoms with Crippen molar-refractivity contribution in [1.29, 1.82) is 0 Å². The fourth-order valence-corrected chi connectivity index (χ4v) is 5.57. The van der Waals surface area contributed by atoms with E-state index in [1.165, 1.54) is 37.8 Å². The van der Waals surface area contributed by atoms with Gasteiger partial charge in [-0.1, -0.05) is 12.1 Å². The first-order valence-electron chi connectivity index (χ1n) is 9.31. The molecule has 3 aromatic rings. The second-order valence-electron chi connectivity index (χ2n) is 7.95. The number of hydrazone groups is 1. The van der Waals surface area contributed by atoms with Crippen LogP contribution in [0.15, 0.2) is 40.1 Å². The lowest BCUT2D eigenvalue weighted by Crippen LogP contribution is -2.45. The molecule has 7 rings (SSSR count). The third-order valence-corrected chi connectivity index (χ3v) is 6.42. The summed E-state index contributed by atoms with van der Waals surface area (Å²) in [6.07, 6.45) is 8.37. The summed E-state index contributed by atoms with van der Waals surface area (Å²) in [5.74, 6) is 3.92. The average molecular weight is 332 g/mol. The minimum atomic E-state index is 0.669. The Morgan fingerprint density at radius 2 is 1.72 bits per heavy atom. The van der Waals surface area contributed by atoms with Crippen molar-refractivity contribution in [3.8, 4) is 0 Å². The van der Waals surface area contributed by atoms with Gasteiger partial charge in [-0.25, -0.2) is 9.97 Å². The van der Waals surface area contributed by atoms with Gasteiger partial charge in [0.1, 0.15) is 17.4 Å². The third kappa shape index (κ3) is 2.04. The van der Waals surface area contributed by atoms with Crippen LogP contribution in [0, 0.1) is 23.7 Å². The van der Waals surface area contributed by atoms with Crippen LogP contribution >= 0.6 is 0 Å². The number of aromatic nitrogens is 2. The van der Waals surface area contributed by atoms with E-state index in [4.69, 9.17) is 9.52 Å².